The normalized spacial score (nSPS) is 17.6. The maximum Gasteiger partial charge on any atom is 0.347 e. The van der Waals surface area contributed by atoms with Crippen LogP contribution in [-0.4, -0.2) is 28.3 Å². The van der Waals surface area contributed by atoms with E-state index in [4.69, 9.17) is 0 Å². The Labute approximate surface area is 97.6 Å². The number of aliphatic hydroxyl groups excluding tert-OH is 2. The molecule has 5 nitrogen and oxygen atoms in total. The first-order chi connectivity index (χ1) is 8.00. The van der Waals surface area contributed by atoms with E-state index in [0.717, 1.165) is 0 Å². The van der Waals surface area contributed by atoms with Crippen molar-refractivity contribution in [3.8, 4) is 0 Å². The van der Waals surface area contributed by atoms with Crippen molar-refractivity contribution in [2.24, 2.45) is 0 Å². The molecule has 17 heavy (non-hydrogen) atoms. The van der Waals surface area contributed by atoms with Gasteiger partial charge in [-0.2, -0.15) is 0 Å². The fourth-order valence-corrected chi connectivity index (χ4v) is 1.89. The summed E-state index contributed by atoms with van der Waals surface area (Å²) in [4.78, 5) is 22.8. The van der Waals surface area contributed by atoms with E-state index >= 15 is 0 Å². The summed E-state index contributed by atoms with van der Waals surface area (Å²) in [5.74, 6) is -1.44. The first-order valence-electron chi connectivity index (χ1n) is 5.26. The molecule has 1 aliphatic rings. The minimum Gasteiger partial charge on any atom is -0.393 e. The molecule has 2 atom stereocenters. The van der Waals surface area contributed by atoms with Crippen molar-refractivity contribution in [2.75, 3.05) is 0 Å². The van der Waals surface area contributed by atoms with Gasteiger partial charge in [0.25, 0.3) is 0 Å². The van der Waals surface area contributed by atoms with Gasteiger partial charge >= 0.3 is 11.9 Å². The van der Waals surface area contributed by atoms with E-state index in [0.29, 0.717) is 5.56 Å². The highest BCUT2D eigenvalue weighted by molar-refractivity contribution is 6.15. The molecule has 1 aliphatic heterocycles. The number of hydrogen-bond donors (Lipinski definition) is 2. The van der Waals surface area contributed by atoms with Gasteiger partial charge in [-0.1, -0.05) is 12.1 Å². The fourth-order valence-electron chi connectivity index (χ4n) is 1.89. The molecule has 0 aromatic heterocycles. The second-order valence-electron chi connectivity index (χ2n) is 4.05. The van der Waals surface area contributed by atoms with Gasteiger partial charge < -0.3 is 14.9 Å². The smallest absolute Gasteiger partial charge is 0.347 e. The fraction of sp³-hybridized carbons (Fsp3) is 0.333. The lowest BCUT2D eigenvalue weighted by Crippen LogP contribution is -2.11. The Morgan fingerprint density at radius 2 is 1.94 bits per heavy atom. The predicted molar refractivity (Wildman–Crippen MR) is 57.4 cm³/mol. The molecule has 0 fully saturated rings. The summed E-state index contributed by atoms with van der Waals surface area (Å²) in [5.41, 5.74) is 0.585. The molecule has 0 bridgehead atoms. The molecular weight excluding hydrogens is 224 g/mol. The van der Waals surface area contributed by atoms with Gasteiger partial charge in [-0.15, -0.1) is 0 Å². The van der Waals surface area contributed by atoms with Crippen molar-refractivity contribution in [1.82, 2.24) is 0 Å². The first-order valence-corrected chi connectivity index (χ1v) is 5.26. The van der Waals surface area contributed by atoms with Crippen molar-refractivity contribution in [3.63, 3.8) is 0 Å². The van der Waals surface area contributed by atoms with Gasteiger partial charge in [0.1, 0.15) is 0 Å². The third-order valence-electron chi connectivity index (χ3n) is 2.63. The first kappa shape index (κ1) is 11.8. The van der Waals surface area contributed by atoms with Gasteiger partial charge in [-0.3, -0.25) is 0 Å². The quantitative estimate of drug-likeness (QED) is 0.599. The highest BCUT2D eigenvalue weighted by Gasteiger charge is 2.33. The Morgan fingerprint density at radius 3 is 2.59 bits per heavy atom. The molecule has 0 amide bonds. The number of esters is 2. The molecular formula is C12H12O5. The average Bonchev–Trinajstić information content (AvgIpc) is 2.54. The van der Waals surface area contributed by atoms with Crippen LogP contribution in [0.15, 0.2) is 18.2 Å². The third-order valence-corrected chi connectivity index (χ3v) is 2.63. The largest absolute Gasteiger partial charge is 0.393 e. The van der Waals surface area contributed by atoms with E-state index in [1.807, 2.05) is 0 Å². The number of cyclic esters (lactones) is 2. The zero-order valence-corrected chi connectivity index (χ0v) is 9.21. The van der Waals surface area contributed by atoms with Crippen LogP contribution < -0.4 is 0 Å². The molecule has 1 heterocycles. The van der Waals surface area contributed by atoms with E-state index in [2.05, 4.69) is 4.74 Å². The second-order valence-corrected chi connectivity index (χ2v) is 4.05. The average molecular weight is 236 g/mol. The van der Waals surface area contributed by atoms with E-state index in [1.54, 1.807) is 12.1 Å². The molecule has 1 aromatic rings. The Morgan fingerprint density at radius 1 is 1.24 bits per heavy atom. The number of rotatable bonds is 3. The zero-order chi connectivity index (χ0) is 12.6. The number of benzene rings is 1. The topological polar surface area (TPSA) is 83.8 Å². The van der Waals surface area contributed by atoms with Crippen LogP contribution in [0, 0.1) is 0 Å². The molecule has 1 aromatic carbocycles. The summed E-state index contributed by atoms with van der Waals surface area (Å²) < 4.78 is 4.48. The summed E-state index contributed by atoms with van der Waals surface area (Å²) >= 11 is 0. The SMILES string of the molecule is CC(O)CC(O)c1cccc2c1C(=O)OC2=O. The second kappa shape index (κ2) is 4.27. The summed E-state index contributed by atoms with van der Waals surface area (Å²) in [6.07, 6.45) is -1.60. The lowest BCUT2D eigenvalue weighted by molar-refractivity contribution is 0.0438. The summed E-state index contributed by atoms with van der Waals surface area (Å²) in [5, 5.41) is 19.1. The van der Waals surface area contributed by atoms with Crippen LogP contribution in [0.2, 0.25) is 0 Å². The van der Waals surface area contributed by atoms with Crippen molar-refractivity contribution >= 4 is 11.9 Å². The highest BCUT2D eigenvalue weighted by atomic mass is 16.6. The predicted octanol–water partition coefficient (Wildman–Crippen LogP) is 0.801. The Bertz CT molecular complexity index is 478. The summed E-state index contributed by atoms with van der Waals surface area (Å²) in [6.45, 7) is 1.54. The Balaban J connectivity index is 2.43. The van der Waals surface area contributed by atoms with Crippen molar-refractivity contribution in [3.05, 3.63) is 34.9 Å². The van der Waals surface area contributed by atoms with Gasteiger partial charge in [0, 0.05) is 6.42 Å². The molecule has 2 rings (SSSR count). The zero-order valence-electron chi connectivity index (χ0n) is 9.21. The lowest BCUT2D eigenvalue weighted by Gasteiger charge is -2.14. The van der Waals surface area contributed by atoms with E-state index in [9.17, 15) is 19.8 Å². The van der Waals surface area contributed by atoms with Crippen LogP contribution in [-0.2, 0) is 4.74 Å². The van der Waals surface area contributed by atoms with Gasteiger partial charge in [-0.25, -0.2) is 9.59 Å². The molecule has 90 valence electrons. The van der Waals surface area contributed by atoms with Crippen LogP contribution >= 0.6 is 0 Å². The van der Waals surface area contributed by atoms with Gasteiger partial charge in [0.15, 0.2) is 0 Å². The minimum absolute atomic E-state index is 0.0952. The third kappa shape index (κ3) is 2.07. The molecule has 0 saturated heterocycles. The van der Waals surface area contributed by atoms with Crippen LogP contribution in [0.3, 0.4) is 0 Å². The summed E-state index contributed by atoms with van der Waals surface area (Å²) in [6, 6.07) is 4.59. The number of ether oxygens (including phenoxy) is 1. The van der Waals surface area contributed by atoms with Crippen LogP contribution in [0.1, 0.15) is 45.7 Å². The van der Waals surface area contributed by atoms with Crippen molar-refractivity contribution in [1.29, 1.82) is 0 Å². The number of carbonyl (C=O) groups is 2. The molecule has 0 saturated carbocycles. The van der Waals surface area contributed by atoms with Gasteiger partial charge in [-0.05, 0) is 18.6 Å². The maximum atomic E-state index is 11.5. The van der Waals surface area contributed by atoms with Crippen LogP contribution in [0.5, 0.6) is 0 Å². The molecule has 2 N–H and O–H groups in total. The number of aliphatic hydroxyl groups is 2. The monoisotopic (exact) mass is 236 g/mol. The van der Waals surface area contributed by atoms with E-state index in [-0.39, 0.29) is 17.5 Å². The number of carbonyl (C=O) groups excluding carboxylic acids is 2. The van der Waals surface area contributed by atoms with Crippen molar-refractivity contribution < 1.29 is 24.5 Å². The number of hydrogen-bond acceptors (Lipinski definition) is 5. The maximum absolute atomic E-state index is 11.5. The molecule has 0 spiro atoms. The van der Waals surface area contributed by atoms with E-state index in [1.165, 1.54) is 13.0 Å². The van der Waals surface area contributed by atoms with E-state index < -0.39 is 24.1 Å². The minimum atomic E-state index is -0.997. The molecule has 0 aliphatic carbocycles. The molecule has 2 unspecified atom stereocenters. The van der Waals surface area contributed by atoms with Crippen LogP contribution in [0.25, 0.3) is 0 Å². The van der Waals surface area contributed by atoms with Gasteiger partial charge in [0.2, 0.25) is 0 Å². The number of fused-ring (bicyclic) bond motifs is 1. The Hall–Kier alpha value is -1.72. The summed E-state index contributed by atoms with van der Waals surface area (Å²) in [7, 11) is 0. The van der Waals surface area contributed by atoms with Crippen LogP contribution in [0.4, 0.5) is 0 Å². The Kier molecular flexibility index (Phi) is 2.95. The molecule has 0 radical (unpaired) electrons. The highest BCUT2D eigenvalue weighted by Crippen LogP contribution is 2.29. The van der Waals surface area contributed by atoms with Gasteiger partial charge in [0.05, 0.1) is 23.3 Å². The lowest BCUT2D eigenvalue weighted by atomic mass is 9.96. The standard InChI is InChI=1S/C12H12O5/c1-6(13)5-9(14)7-3-2-4-8-10(7)12(16)17-11(8)15/h2-4,6,9,13-14H,5H2,1H3. The van der Waals surface area contributed by atoms with Crippen molar-refractivity contribution in [2.45, 2.75) is 25.6 Å². The molecule has 5 heteroatoms.